The van der Waals surface area contributed by atoms with E-state index in [-0.39, 0.29) is 5.91 Å². The quantitative estimate of drug-likeness (QED) is 0.922. The van der Waals surface area contributed by atoms with E-state index in [1.807, 2.05) is 39.0 Å². The molecule has 0 aliphatic carbocycles. The van der Waals surface area contributed by atoms with Crippen LogP contribution < -0.4 is 10.1 Å². The van der Waals surface area contributed by atoms with Crippen molar-refractivity contribution >= 4 is 22.4 Å². The molecule has 112 valence electrons. The fourth-order valence-electron chi connectivity index (χ4n) is 1.73. The lowest BCUT2D eigenvalue weighted by molar-refractivity contribution is -0.122. The van der Waals surface area contributed by atoms with Crippen molar-refractivity contribution in [3.63, 3.8) is 0 Å². The van der Waals surface area contributed by atoms with Gasteiger partial charge < -0.3 is 4.74 Å². The first-order valence-corrected chi connectivity index (χ1v) is 7.68. The highest BCUT2D eigenvalue weighted by Crippen LogP contribution is 2.21. The third-order valence-corrected chi connectivity index (χ3v) is 4.00. The predicted molar refractivity (Wildman–Crippen MR) is 83.9 cm³/mol. The molecule has 1 amide bonds. The van der Waals surface area contributed by atoms with E-state index in [1.165, 1.54) is 11.3 Å². The molecule has 21 heavy (non-hydrogen) atoms. The number of benzene rings is 1. The maximum Gasteiger partial charge on any atom is 0.266 e. The van der Waals surface area contributed by atoms with Gasteiger partial charge in [0.05, 0.1) is 0 Å². The number of anilines is 1. The standard InChI is InChI=1S/C15H19N3O2S/c1-5-13-17-18-15(21-13)16-14(19)11(4)20-12-8-9(2)6-7-10(12)3/h6-8,11H,5H2,1-4H3,(H,16,18,19)/t11-/m0/s1. The normalized spacial score (nSPS) is 12.0. The average molecular weight is 305 g/mol. The number of carbonyl (C=O) groups is 1. The Labute approximate surface area is 128 Å². The molecule has 0 bridgehead atoms. The number of rotatable bonds is 5. The maximum absolute atomic E-state index is 12.1. The molecule has 0 radical (unpaired) electrons. The Morgan fingerprint density at radius 1 is 1.38 bits per heavy atom. The van der Waals surface area contributed by atoms with E-state index in [2.05, 4.69) is 15.5 Å². The van der Waals surface area contributed by atoms with Crippen molar-refractivity contribution in [1.29, 1.82) is 0 Å². The Balaban J connectivity index is 2.00. The van der Waals surface area contributed by atoms with Gasteiger partial charge in [0, 0.05) is 0 Å². The van der Waals surface area contributed by atoms with Crippen LogP contribution in [-0.2, 0) is 11.2 Å². The van der Waals surface area contributed by atoms with Crippen LogP contribution >= 0.6 is 11.3 Å². The molecule has 0 fully saturated rings. The largest absolute Gasteiger partial charge is 0.481 e. The molecule has 0 saturated heterocycles. The average Bonchev–Trinajstić information content (AvgIpc) is 2.90. The van der Waals surface area contributed by atoms with E-state index in [0.29, 0.717) is 5.13 Å². The molecule has 1 atom stereocenters. The summed E-state index contributed by atoms with van der Waals surface area (Å²) >= 11 is 1.38. The van der Waals surface area contributed by atoms with Crippen LogP contribution in [0.2, 0.25) is 0 Å². The monoisotopic (exact) mass is 305 g/mol. The Bertz CT molecular complexity index is 640. The number of hydrogen-bond acceptors (Lipinski definition) is 5. The SMILES string of the molecule is CCc1nnc(NC(=O)[C@H](C)Oc2cc(C)ccc2C)s1. The Kier molecular flexibility index (Phi) is 4.90. The van der Waals surface area contributed by atoms with Crippen LogP contribution in [-0.4, -0.2) is 22.2 Å². The lowest BCUT2D eigenvalue weighted by Gasteiger charge is -2.15. The van der Waals surface area contributed by atoms with Crippen LogP contribution in [0.4, 0.5) is 5.13 Å². The van der Waals surface area contributed by atoms with Crippen LogP contribution in [0.3, 0.4) is 0 Å². The summed E-state index contributed by atoms with van der Waals surface area (Å²) in [4.78, 5) is 12.1. The first-order chi connectivity index (χ1) is 9.99. The lowest BCUT2D eigenvalue weighted by atomic mass is 10.1. The van der Waals surface area contributed by atoms with Crippen molar-refractivity contribution < 1.29 is 9.53 Å². The van der Waals surface area contributed by atoms with Gasteiger partial charge in [-0.2, -0.15) is 0 Å². The summed E-state index contributed by atoms with van der Waals surface area (Å²) in [6.45, 7) is 7.67. The predicted octanol–water partition coefficient (Wildman–Crippen LogP) is 3.12. The van der Waals surface area contributed by atoms with Gasteiger partial charge in [-0.1, -0.05) is 30.4 Å². The molecule has 1 aromatic heterocycles. The molecule has 0 spiro atoms. The maximum atomic E-state index is 12.1. The van der Waals surface area contributed by atoms with Gasteiger partial charge in [0.2, 0.25) is 5.13 Å². The Morgan fingerprint density at radius 2 is 2.14 bits per heavy atom. The number of aryl methyl sites for hydroxylation is 3. The number of amides is 1. The number of nitrogens with one attached hydrogen (secondary N) is 1. The van der Waals surface area contributed by atoms with Gasteiger partial charge in [-0.15, -0.1) is 10.2 Å². The van der Waals surface area contributed by atoms with Crippen LogP contribution in [0.25, 0.3) is 0 Å². The summed E-state index contributed by atoms with van der Waals surface area (Å²) in [5.41, 5.74) is 2.10. The number of aromatic nitrogens is 2. The summed E-state index contributed by atoms with van der Waals surface area (Å²) in [5.74, 6) is 0.499. The first kappa shape index (κ1) is 15.4. The highest BCUT2D eigenvalue weighted by atomic mass is 32.1. The Hall–Kier alpha value is -1.95. The fraction of sp³-hybridized carbons (Fsp3) is 0.400. The van der Waals surface area contributed by atoms with Gasteiger partial charge in [-0.25, -0.2) is 0 Å². The minimum atomic E-state index is -0.598. The molecule has 1 heterocycles. The molecule has 6 heteroatoms. The zero-order chi connectivity index (χ0) is 15.4. The second-order valence-electron chi connectivity index (χ2n) is 4.87. The molecular formula is C15H19N3O2S. The zero-order valence-corrected chi connectivity index (χ0v) is 13.5. The number of carbonyl (C=O) groups excluding carboxylic acids is 1. The molecule has 2 rings (SSSR count). The van der Waals surface area contributed by atoms with Gasteiger partial charge in [-0.3, -0.25) is 10.1 Å². The van der Waals surface area contributed by atoms with E-state index in [9.17, 15) is 4.79 Å². The molecular weight excluding hydrogens is 286 g/mol. The van der Waals surface area contributed by atoms with Crippen molar-refractivity contribution in [2.75, 3.05) is 5.32 Å². The van der Waals surface area contributed by atoms with Crippen molar-refractivity contribution in [2.45, 2.75) is 40.2 Å². The minimum Gasteiger partial charge on any atom is -0.481 e. The third kappa shape index (κ3) is 4.01. The van der Waals surface area contributed by atoms with Crippen molar-refractivity contribution in [1.82, 2.24) is 10.2 Å². The minimum absolute atomic E-state index is 0.227. The van der Waals surface area contributed by atoms with E-state index in [1.54, 1.807) is 6.92 Å². The van der Waals surface area contributed by atoms with Crippen molar-refractivity contribution in [3.05, 3.63) is 34.3 Å². The Morgan fingerprint density at radius 3 is 2.81 bits per heavy atom. The first-order valence-electron chi connectivity index (χ1n) is 6.86. The van der Waals surface area contributed by atoms with Gasteiger partial charge >= 0.3 is 0 Å². The summed E-state index contributed by atoms with van der Waals surface area (Å²) < 4.78 is 5.74. The summed E-state index contributed by atoms with van der Waals surface area (Å²) in [6, 6.07) is 5.92. The molecule has 1 aromatic carbocycles. The van der Waals surface area contributed by atoms with Crippen LogP contribution in [0.15, 0.2) is 18.2 Å². The fourth-order valence-corrected chi connectivity index (χ4v) is 2.41. The van der Waals surface area contributed by atoms with Gasteiger partial charge in [0.25, 0.3) is 5.91 Å². The highest BCUT2D eigenvalue weighted by molar-refractivity contribution is 7.15. The van der Waals surface area contributed by atoms with Crippen LogP contribution in [0, 0.1) is 13.8 Å². The molecule has 0 unspecified atom stereocenters. The topological polar surface area (TPSA) is 64.1 Å². The van der Waals surface area contributed by atoms with E-state index in [4.69, 9.17) is 4.74 Å². The highest BCUT2D eigenvalue weighted by Gasteiger charge is 2.17. The van der Waals surface area contributed by atoms with Gasteiger partial charge in [-0.05, 0) is 44.4 Å². The van der Waals surface area contributed by atoms with Crippen LogP contribution in [0.1, 0.15) is 30.0 Å². The summed E-state index contributed by atoms with van der Waals surface area (Å²) in [5, 5.41) is 12.0. The third-order valence-electron chi connectivity index (χ3n) is 3.02. The van der Waals surface area contributed by atoms with E-state index >= 15 is 0 Å². The van der Waals surface area contributed by atoms with Crippen molar-refractivity contribution in [2.24, 2.45) is 0 Å². The van der Waals surface area contributed by atoms with Crippen LogP contribution in [0.5, 0.6) is 5.75 Å². The number of nitrogens with zero attached hydrogens (tertiary/aromatic N) is 2. The molecule has 1 N–H and O–H groups in total. The smallest absolute Gasteiger partial charge is 0.266 e. The van der Waals surface area contributed by atoms with Crippen molar-refractivity contribution in [3.8, 4) is 5.75 Å². The second kappa shape index (κ2) is 6.67. The van der Waals surface area contributed by atoms with Gasteiger partial charge in [0.1, 0.15) is 10.8 Å². The number of hydrogen-bond donors (Lipinski definition) is 1. The zero-order valence-electron chi connectivity index (χ0n) is 12.6. The molecule has 0 saturated carbocycles. The lowest BCUT2D eigenvalue weighted by Crippen LogP contribution is -2.30. The molecule has 5 nitrogen and oxygen atoms in total. The second-order valence-corrected chi connectivity index (χ2v) is 5.93. The summed E-state index contributed by atoms with van der Waals surface area (Å²) in [7, 11) is 0. The summed E-state index contributed by atoms with van der Waals surface area (Å²) in [6.07, 6.45) is 0.210. The number of ether oxygens (including phenoxy) is 1. The van der Waals surface area contributed by atoms with Gasteiger partial charge in [0.15, 0.2) is 6.10 Å². The molecule has 0 aliphatic heterocycles. The molecule has 2 aromatic rings. The van der Waals surface area contributed by atoms with E-state index < -0.39 is 6.10 Å². The molecule has 0 aliphatic rings. The van der Waals surface area contributed by atoms with E-state index in [0.717, 1.165) is 28.3 Å².